The monoisotopic (exact) mass is 388 g/mol. The first-order chi connectivity index (χ1) is 12.0. The van der Waals surface area contributed by atoms with E-state index in [4.69, 9.17) is 5.11 Å². The van der Waals surface area contributed by atoms with Crippen molar-refractivity contribution < 1.29 is 18.3 Å². The number of halogens is 3. The number of piperazine rings is 1. The molecule has 0 aromatic carbocycles. The number of thiophene rings is 1. The third-order valence-corrected chi connectivity index (χ3v) is 5.59. The zero-order valence-corrected chi connectivity index (χ0v) is 14.7. The Morgan fingerprint density at radius 2 is 1.96 bits per heavy atom. The van der Waals surface area contributed by atoms with E-state index in [0.717, 1.165) is 25.2 Å². The average Bonchev–Trinajstić information content (AvgIpc) is 3.23. The molecule has 5 nitrogen and oxygen atoms in total. The summed E-state index contributed by atoms with van der Waals surface area (Å²) in [6, 6.07) is 2.00. The van der Waals surface area contributed by atoms with Crippen LogP contribution in [0, 0.1) is 11.8 Å². The minimum absolute atomic E-state index is 0.158. The van der Waals surface area contributed by atoms with Crippen LogP contribution >= 0.6 is 22.7 Å². The molecule has 1 aliphatic heterocycles. The number of nitrogens with zero attached hydrogens (tertiary/aromatic N) is 4. The van der Waals surface area contributed by atoms with E-state index in [1.54, 1.807) is 11.3 Å². The smallest absolute Gasteiger partial charge is 0.384 e. The van der Waals surface area contributed by atoms with Gasteiger partial charge in [0.25, 0.3) is 0 Å². The topological polar surface area (TPSA) is 52.5 Å². The fourth-order valence-corrected chi connectivity index (χ4v) is 4.07. The molecule has 2 aromatic rings. The molecule has 3 heterocycles. The van der Waals surface area contributed by atoms with Crippen molar-refractivity contribution in [3.63, 3.8) is 0 Å². The van der Waals surface area contributed by atoms with Crippen molar-refractivity contribution in [3.05, 3.63) is 26.9 Å². The lowest BCUT2D eigenvalue weighted by molar-refractivity contribution is -0.138. The Labute approximate surface area is 150 Å². The number of hydrogen-bond donors (Lipinski definition) is 1. The van der Waals surface area contributed by atoms with Crippen LogP contribution in [0.5, 0.6) is 0 Å². The van der Waals surface area contributed by atoms with Gasteiger partial charge in [-0.3, -0.25) is 4.90 Å². The molecular weight excluding hydrogens is 373 g/mol. The van der Waals surface area contributed by atoms with Gasteiger partial charge >= 0.3 is 6.18 Å². The number of aliphatic hydroxyl groups excluding tert-OH is 1. The van der Waals surface area contributed by atoms with E-state index < -0.39 is 11.2 Å². The molecular formula is C15H15F3N4OS2. The second-order valence-electron chi connectivity index (χ2n) is 5.41. The fourth-order valence-electron chi connectivity index (χ4n) is 2.45. The molecule has 3 rings (SSSR count). The third kappa shape index (κ3) is 4.70. The van der Waals surface area contributed by atoms with Gasteiger partial charge in [0.1, 0.15) is 6.61 Å². The highest BCUT2D eigenvalue weighted by Crippen LogP contribution is 2.34. The number of alkyl halides is 3. The Hall–Kier alpha value is -1.67. The maximum absolute atomic E-state index is 12.6. The summed E-state index contributed by atoms with van der Waals surface area (Å²) in [6.45, 7) is 3.36. The molecule has 0 bridgehead atoms. The molecule has 10 heteroatoms. The molecule has 25 heavy (non-hydrogen) atoms. The molecule has 0 unspecified atom stereocenters. The lowest BCUT2D eigenvalue weighted by Gasteiger charge is -2.33. The van der Waals surface area contributed by atoms with Crippen LogP contribution in [0.2, 0.25) is 0 Å². The lowest BCUT2D eigenvalue weighted by atomic mass is 10.3. The van der Waals surface area contributed by atoms with E-state index in [9.17, 15) is 13.2 Å². The van der Waals surface area contributed by atoms with Gasteiger partial charge in [-0.2, -0.15) is 13.2 Å². The number of rotatable bonds is 3. The maximum atomic E-state index is 12.6. The zero-order chi connectivity index (χ0) is 17.9. The highest BCUT2D eigenvalue weighted by atomic mass is 32.1. The first-order valence-corrected chi connectivity index (χ1v) is 9.20. The van der Waals surface area contributed by atoms with Crippen molar-refractivity contribution in [1.29, 1.82) is 0 Å². The van der Waals surface area contributed by atoms with Gasteiger partial charge in [0, 0.05) is 48.5 Å². The molecule has 0 radical (unpaired) electrons. The van der Waals surface area contributed by atoms with Gasteiger partial charge in [-0.25, -0.2) is 0 Å². The minimum atomic E-state index is -4.44. The Balaban J connectivity index is 1.53. The number of aliphatic hydroxyl groups is 1. The Morgan fingerprint density at radius 1 is 1.20 bits per heavy atom. The summed E-state index contributed by atoms with van der Waals surface area (Å²) in [5, 5.41) is 17.0. The minimum Gasteiger partial charge on any atom is -0.384 e. The first kappa shape index (κ1) is 18.1. The summed E-state index contributed by atoms with van der Waals surface area (Å²) in [7, 11) is 0. The van der Waals surface area contributed by atoms with Crippen LogP contribution in [-0.4, -0.2) is 53.0 Å². The zero-order valence-electron chi connectivity index (χ0n) is 13.1. The Morgan fingerprint density at radius 3 is 2.60 bits per heavy atom. The van der Waals surface area contributed by atoms with Gasteiger partial charge in [0.15, 0.2) is 0 Å². The summed E-state index contributed by atoms with van der Waals surface area (Å²) in [5.74, 6) is 5.49. The first-order valence-electron chi connectivity index (χ1n) is 7.51. The van der Waals surface area contributed by atoms with E-state index in [-0.39, 0.29) is 6.61 Å². The van der Waals surface area contributed by atoms with Crippen LogP contribution in [0.1, 0.15) is 15.4 Å². The van der Waals surface area contributed by atoms with Crippen LogP contribution < -0.4 is 4.90 Å². The van der Waals surface area contributed by atoms with Crippen molar-refractivity contribution in [2.24, 2.45) is 0 Å². The summed E-state index contributed by atoms with van der Waals surface area (Å²) in [5.41, 5.74) is 0.890. The number of anilines is 1. The van der Waals surface area contributed by atoms with Gasteiger partial charge in [-0.05, 0) is 6.07 Å². The second-order valence-corrected chi connectivity index (χ2v) is 7.36. The third-order valence-electron chi connectivity index (χ3n) is 3.64. The highest BCUT2D eigenvalue weighted by Gasteiger charge is 2.36. The van der Waals surface area contributed by atoms with Crippen molar-refractivity contribution in [2.75, 3.05) is 37.7 Å². The van der Waals surface area contributed by atoms with Gasteiger partial charge in [-0.15, -0.1) is 21.5 Å². The van der Waals surface area contributed by atoms with Crippen LogP contribution in [-0.2, 0) is 12.7 Å². The summed E-state index contributed by atoms with van der Waals surface area (Å²) >= 11 is 2.20. The van der Waals surface area contributed by atoms with Crippen molar-refractivity contribution in [2.45, 2.75) is 12.7 Å². The Kier molecular flexibility index (Phi) is 5.58. The SMILES string of the molecule is OCC#Cc1csc(CN2CCN(c3nnc(C(F)(F)F)s3)CC2)c1. The van der Waals surface area contributed by atoms with Crippen molar-refractivity contribution in [1.82, 2.24) is 15.1 Å². The van der Waals surface area contributed by atoms with Gasteiger partial charge in [-0.1, -0.05) is 23.2 Å². The van der Waals surface area contributed by atoms with Crippen LogP contribution in [0.25, 0.3) is 0 Å². The van der Waals surface area contributed by atoms with Gasteiger partial charge in [0.05, 0.1) is 0 Å². The molecule has 1 saturated heterocycles. The highest BCUT2D eigenvalue weighted by molar-refractivity contribution is 7.15. The van der Waals surface area contributed by atoms with Crippen LogP contribution in [0.15, 0.2) is 11.4 Å². The molecule has 0 aliphatic carbocycles. The van der Waals surface area contributed by atoms with E-state index in [1.165, 1.54) is 4.88 Å². The maximum Gasteiger partial charge on any atom is 0.445 e. The standard InChI is InChI=1S/C15H15F3N4OS2/c16-15(17,18)13-19-20-14(25-13)22-5-3-21(4-6-22)9-12-8-11(10-24-12)2-1-7-23/h8,10,23H,3-7,9H2. The van der Waals surface area contributed by atoms with Gasteiger partial charge in [0.2, 0.25) is 10.1 Å². The average molecular weight is 388 g/mol. The van der Waals surface area contributed by atoms with E-state index >= 15 is 0 Å². The van der Waals surface area contributed by atoms with Crippen LogP contribution in [0.3, 0.4) is 0 Å². The second kappa shape index (κ2) is 7.70. The molecule has 0 spiro atoms. The number of hydrogen-bond acceptors (Lipinski definition) is 7. The molecule has 0 amide bonds. The quantitative estimate of drug-likeness (QED) is 0.818. The summed E-state index contributed by atoms with van der Waals surface area (Å²) in [6.07, 6.45) is -4.44. The molecule has 2 aromatic heterocycles. The van der Waals surface area contributed by atoms with E-state index in [1.807, 2.05) is 16.3 Å². The summed E-state index contributed by atoms with van der Waals surface area (Å²) < 4.78 is 37.8. The van der Waals surface area contributed by atoms with Gasteiger partial charge < -0.3 is 10.0 Å². The largest absolute Gasteiger partial charge is 0.445 e. The molecule has 1 aliphatic rings. The van der Waals surface area contributed by atoms with E-state index in [2.05, 4.69) is 26.9 Å². The predicted octanol–water partition coefficient (Wildman–Crippen LogP) is 2.28. The molecule has 1 fully saturated rings. The molecule has 134 valence electrons. The van der Waals surface area contributed by atoms with Crippen molar-refractivity contribution in [3.8, 4) is 11.8 Å². The molecule has 1 N–H and O–H groups in total. The predicted molar refractivity (Wildman–Crippen MR) is 90.7 cm³/mol. The fraction of sp³-hybridized carbons (Fsp3) is 0.467. The Bertz CT molecular complexity index is 770. The van der Waals surface area contributed by atoms with Crippen LogP contribution in [0.4, 0.5) is 18.3 Å². The lowest BCUT2D eigenvalue weighted by Crippen LogP contribution is -2.45. The molecule has 0 atom stereocenters. The number of aromatic nitrogens is 2. The normalized spacial score (nSPS) is 15.9. The molecule has 0 saturated carbocycles. The van der Waals surface area contributed by atoms with E-state index in [0.29, 0.717) is 29.6 Å². The summed E-state index contributed by atoms with van der Waals surface area (Å²) in [4.78, 5) is 5.26. The van der Waals surface area contributed by atoms with Crippen molar-refractivity contribution >= 4 is 27.8 Å².